The van der Waals surface area contributed by atoms with Gasteiger partial charge in [0.2, 0.25) is 12.3 Å². The van der Waals surface area contributed by atoms with Crippen LogP contribution in [-0.2, 0) is 25.5 Å². The van der Waals surface area contributed by atoms with Crippen LogP contribution in [0.25, 0.3) is 0 Å². The van der Waals surface area contributed by atoms with Gasteiger partial charge in [-0.2, -0.15) is 0 Å². The summed E-state index contributed by atoms with van der Waals surface area (Å²) < 4.78 is 11.0. The molecule has 32 heavy (non-hydrogen) atoms. The average molecular weight is 467 g/mol. The lowest BCUT2D eigenvalue weighted by molar-refractivity contribution is -0.128. The van der Waals surface area contributed by atoms with Gasteiger partial charge in [0.15, 0.2) is 0 Å². The minimum absolute atomic E-state index is 0.110. The Morgan fingerprint density at radius 2 is 2.16 bits per heavy atom. The summed E-state index contributed by atoms with van der Waals surface area (Å²) in [5.74, 6) is -0.582. The highest BCUT2D eigenvalue weighted by molar-refractivity contribution is 7.56. The van der Waals surface area contributed by atoms with Gasteiger partial charge in [0.1, 0.15) is 0 Å². The topological polar surface area (TPSA) is 123 Å². The molecule has 9 nitrogen and oxygen atoms in total. The first-order chi connectivity index (χ1) is 15.6. The molecular weight excluding hydrogens is 431 g/mol. The van der Waals surface area contributed by atoms with Gasteiger partial charge in [0, 0.05) is 26.8 Å². The number of methoxy groups -OCH3 is 1. The average Bonchev–Trinajstić information content (AvgIpc) is 3.29. The molecule has 10 heteroatoms. The molecule has 4 atom stereocenters. The molecule has 0 bridgehead atoms. The van der Waals surface area contributed by atoms with Crippen LogP contribution in [0.1, 0.15) is 31.2 Å². The van der Waals surface area contributed by atoms with E-state index in [1.807, 2.05) is 30.3 Å². The second kappa shape index (κ2) is 15.0. The number of nitrogens with zero attached hydrogens (tertiary/aromatic N) is 2. The van der Waals surface area contributed by atoms with Gasteiger partial charge in [-0.05, 0) is 42.4 Å². The van der Waals surface area contributed by atoms with E-state index in [1.54, 1.807) is 12.0 Å². The third-order valence-electron chi connectivity index (χ3n) is 5.60. The first-order valence-corrected chi connectivity index (χ1v) is 12.6. The Labute approximate surface area is 191 Å². The van der Waals surface area contributed by atoms with E-state index in [2.05, 4.69) is 10.3 Å². The lowest BCUT2D eigenvalue weighted by atomic mass is 10.0. The van der Waals surface area contributed by atoms with Gasteiger partial charge in [0.05, 0.1) is 39.0 Å². The van der Waals surface area contributed by atoms with Crippen molar-refractivity contribution < 1.29 is 19.1 Å². The van der Waals surface area contributed by atoms with Crippen molar-refractivity contribution in [1.29, 1.82) is 0 Å². The standard InChI is InChI=1S/C22H35N4O5P/c1-30-20(19-9-5-11-26(19)17-27)16-21(28)24-22(15-18-7-3-2-4-8-18)32(25-29)14-6-12-31-13-10-23/h2-4,7-8,17,19-20,22H,5-6,9-16,23H2,1H3,(H,24,28). The minimum Gasteiger partial charge on any atom is -0.380 e. The number of nitrogens with two attached hydrogens (primary N) is 1. The molecule has 178 valence electrons. The molecule has 0 aliphatic carbocycles. The number of rotatable bonds is 16. The van der Waals surface area contributed by atoms with Crippen molar-refractivity contribution in [2.24, 2.45) is 10.7 Å². The van der Waals surface area contributed by atoms with E-state index in [4.69, 9.17) is 15.2 Å². The van der Waals surface area contributed by atoms with Crippen LogP contribution in [0.15, 0.2) is 35.3 Å². The summed E-state index contributed by atoms with van der Waals surface area (Å²) in [7, 11) is 0.226. The van der Waals surface area contributed by atoms with Gasteiger partial charge in [-0.1, -0.05) is 30.3 Å². The highest BCUT2D eigenvalue weighted by Crippen LogP contribution is 2.43. The molecular formula is C22H35N4O5P. The van der Waals surface area contributed by atoms with Crippen molar-refractivity contribution in [2.75, 3.05) is 39.6 Å². The van der Waals surface area contributed by atoms with Gasteiger partial charge >= 0.3 is 0 Å². The summed E-state index contributed by atoms with van der Waals surface area (Å²) >= 11 is 0. The zero-order valence-electron chi connectivity index (χ0n) is 18.7. The quantitative estimate of drug-likeness (QED) is 0.167. The van der Waals surface area contributed by atoms with E-state index < -0.39 is 8.07 Å². The molecule has 1 aliphatic rings. The maximum absolute atomic E-state index is 12.9. The molecule has 4 unspecified atom stereocenters. The molecule has 3 N–H and O–H groups in total. The molecule has 0 spiro atoms. The fourth-order valence-corrected chi connectivity index (χ4v) is 5.66. The van der Waals surface area contributed by atoms with Gasteiger partial charge in [0.25, 0.3) is 0 Å². The lowest BCUT2D eigenvalue weighted by Gasteiger charge is -2.29. The van der Waals surface area contributed by atoms with Crippen molar-refractivity contribution in [2.45, 2.75) is 50.0 Å². The molecule has 0 radical (unpaired) electrons. The van der Waals surface area contributed by atoms with Crippen LogP contribution in [0, 0.1) is 4.91 Å². The molecule has 0 saturated carbocycles. The zero-order chi connectivity index (χ0) is 23.2. The van der Waals surface area contributed by atoms with Crippen LogP contribution >= 0.6 is 8.07 Å². The molecule has 0 aromatic heterocycles. The van der Waals surface area contributed by atoms with E-state index in [9.17, 15) is 14.5 Å². The summed E-state index contributed by atoms with van der Waals surface area (Å²) in [5.41, 5.74) is 6.46. The molecule has 1 heterocycles. The molecule has 2 amide bonds. The summed E-state index contributed by atoms with van der Waals surface area (Å²) in [6.45, 7) is 2.12. The summed E-state index contributed by atoms with van der Waals surface area (Å²) in [6.07, 6.45) is 4.03. The number of amides is 2. The second-order valence-corrected chi connectivity index (χ2v) is 9.92. The third-order valence-corrected chi connectivity index (χ3v) is 7.61. The van der Waals surface area contributed by atoms with Crippen molar-refractivity contribution in [3.63, 3.8) is 0 Å². The predicted molar refractivity (Wildman–Crippen MR) is 125 cm³/mol. The number of ether oxygens (including phenoxy) is 2. The summed E-state index contributed by atoms with van der Waals surface area (Å²) in [6, 6.07) is 9.62. The Balaban J connectivity index is 2.02. The van der Waals surface area contributed by atoms with Gasteiger partial charge in [-0.3, -0.25) is 9.59 Å². The number of hydrogen-bond acceptors (Lipinski definition) is 7. The summed E-state index contributed by atoms with van der Waals surface area (Å²) in [4.78, 5) is 41.0. The second-order valence-electron chi connectivity index (χ2n) is 7.80. The highest BCUT2D eigenvalue weighted by Gasteiger charge is 2.33. The fourth-order valence-electron chi connectivity index (χ4n) is 3.98. The van der Waals surface area contributed by atoms with Crippen LogP contribution < -0.4 is 11.1 Å². The molecule has 2 rings (SSSR count). The number of hydrogen-bond donors (Lipinski definition) is 2. The maximum Gasteiger partial charge on any atom is 0.223 e. The normalized spacial score (nSPS) is 18.7. The largest absolute Gasteiger partial charge is 0.380 e. The van der Waals surface area contributed by atoms with Gasteiger partial charge in [-0.25, -0.2) is 0 Å². The van der Waals surface area contributed by atoms with Gasteiger partial charge < -0.3 is 25.4 Å². The van der Waals surface area contributed by atoms with Crippen LogP contribution in [0.5, 0.6) is 0 Å². The Morgan fingerprint density at radius 1 is 1.38 bits per heavy atom. The number of likely N-dealkylation sites (tertiary alicyclic amines) is 1. The number of carbonyl (C=O) groups excluding carboxylic acids is 2. The van der Waals surface area contributed by atoms with Crippen molar-refractivity contribution in [3.05, 3.63) is 40.8 Å². The minimum atomic E-state index is -1.33. The van der Waals surface area contributed by atoms with Crippen molar-refractivity contribution >= 4 is 20.4 Å². The van der Waals surface area contributed by atoms with Crippen molar-refractivity contribution in [3.8, 4) is 0 Å². The lowest BCUT2D eigenvalue weighted by Crippen LogP contribution is -2.44. The highest BCUT2D eigenvalue weighted by atomic mass is 31.1. The number of benzene rings is 1. The zero-order valence-corrected chi connectivity index (χ0v) is 19.6. The molecule has 1 aromatic rings. The van der Waals surface area contributed by atoms with Crippen LogP contribution in [0.3, 0.4) is 0 Å². The Hall–Kier alpha value is -1.93. The fraction of sp³-hybridized carbons (Fsp3) is 0.636. The molecule has 1 aliphatic heterocycles. The Kier molecular flexibility index (Phi) is 12.3. The van der Waals surface area contributed by atoms with E-state index in [1.165, 1.54) is 0 Å². The Morgan fingerprint density at radius 3 is 2.81 bits per heavy atom. The first kappa shape index (κ1) is 26.3. The Bertz CT molecular complexity index is 696. The maximum atomic E-state index is 12.9. The molecule has 1 aromatic carbocycles. The van der Waals surface area contributed by atoms with Crippen LogP contribution in [0.4, 0.5) is 0 Å². The van der Waals surface area contributed by atoms with Crippen molar-refractivity contribution in [1.82, 2.24) is 10.2 Å². The summed E-state index contributed by atoms with van der Waals surface area (Å²) in [5, 5.41) is 3.04. The van der Waals surface area contributed by atoms with Gasteiger partial charge in [-0.15, -0.1) is 4.91 Å². The number of carbonyl (C=O) groups is 2. The van der Waals surface area contributed by atoms with E-state index in [0.717, 1.165) is 24.8 Å². The van der Waals surface area contributed by atoms with Crippen LogP contribution in [-0.4, -0.2) is 74.7 Å². The van der Waals surface area contributed by atoms with E-state index >= 15 is 0 Å². The third kappa shape index (κ3) is 8.54. The van der Waals surface area contributed by atoms with Crippen LogP contribution in [0.2, 0.25) is 0 Å². The SMILES string of the molecule is COC(CC(=O)NC(Cc1ccccc1)P(CCCOCCN)N=O)C1CCCN1C=O. The molecule has 1 saturated heterocycles. The van der Waals surface area contributed by atoms with E-state index in [-0.39, 0.29) is 30.3 Å². The first-order valence-electron chi connectivity index (χ1n) is 11.1. The number of nitrogens with one attached hydrogen (secondary N) is 1. The molecule has 1 fully saturated rings. The predicted octanol–water partition coefficient (Wildman–Crippen LogP) is 2.23. The van der Waals surface area contributed by atoms with E-state index in [0.29, 0.717) is 45.3 Å². The smallest absolute Gasteiger partial charge is 0.223 e. The number of nitroso groups, excluding NO2 is 1. The monoisotopic (exact) mass is 466 g/mol.